The summed E-state index contributed by atoms with van der Waals surface area (Å²) in [4.78, 5) is 17.8. The highest BCUT2D eigenvalue weighted by atomic mass is 35.5. The molecule has 0 spiro atoms. The van der Waals surface area contributed by atoms with Gasteiger partial charge in [0.15, 0.2) is 0 Å². The molecule has 0 atom stereocenters. The highest BCUT2D eigenvalue weighted by Gasteiger charge is 2.12. The summed E-state index contributed by atoms with van der Waals surface area (Å²) in [6.07, 6.45) is 1.28. The molecule has 0 saturated heterocycles. The third-order valence-corrected chi connectivity index (χ3v) is 3.45. The van der Waals surface area contributed by atoms with Crippen LogP contribution in [0.5, 0.6) is 0 Å². The Morgan fingerprint density at radius 1 is 1.32 bits per heavy atom. The van der Waals surface area contributed by atoms with Crippen molar-refractivity contribution in [3.63, 3.8) is 0 Å². The number of rotatable bonds is 6. The van der Waals surface area contributed by atoms with Crippen LogP contribution in [0.25, 0.3) is 0 Å². The fourth-order valence-corrected chi connectivity index (χ4v) is 2.19. The van der Waals surface area contributed by atoms with Crippen molar-refractivity contribution in [2.45, 2.75) is 44.1 Å². The fourth-order valence-electron chi connectivity index (χ4n) is 1.21. The highest BCUT2D eigenvalue weighted by Crippen LogP contribution is 2.21. The lowest BCUT2D eigenvalue weighted by molar-refractivity contribution is -0.145. The van der Waals surface area contributed by atoms with Gasteiger partial charge in [0.25, 0.3) is 0 Å². The maximum absolute atomic E-state index is 11.5. The second kappa shape index (κ2) is 7.78. The molecule has 19 heavy (non-hydrogen) atoms. The Morgan fingerprint density at radius 2 is 1.95 bits per heavy atom. The maximum atomic E-state index is 11.5. The molecule has 3 nitrogen and oxygen atoms in total. The summed E-state index contributed by atoms with van der Waals surface area (Å²) in [5.41, 5.74) is 2.11. The van der Waals surface area contributed by atoms with E-state index < -0.39 is 0 Å². The molecule has 0 saturated carbocycles. The minimum absolute atomic E-state index is 0.0772. The Balaban J connectivity index is 2.13. The lowest BCUT2D eigenvalue weighted by Crippen LogP contribution is -2.33. The number of hydrogen-bond acceptors (Lipinski definition) is 3. The first-order chi connectivity index (χ1) is 8.87. The average Bonchev–Trinajstić information content (AvgIpc) is 2.33. The predicted octanol–water partition coefficient (Wildman–Crippen LogP) is 4.06. The number of hydroxylamine groups is 1. The van der Waals surface area contributed by atoms with E-state index in [0.29, 0.717) is 6.42 Å². The molecule has 0 aliphatic rings. The van der Waals surface area contributed by atoms with Crippen LogP contribution in [-0.2, 0) is 9.63 Å². The van der Waals surface area contributed by atoms with E-state index in [4.69, 9.17) is 16.4 Å². The van der Waals surface area contributed by atoms with Crippen LogP contribution in [0.3, 0.4) is 0 Å². The molecule has 1 N–H and O–H groups in total. The minimum Gasteiger partial charge on any atom is -0.273 e. The lowest BCUT2D eigenvalue weighted by atomic mass is 10.2. The number of thioether (sulfide) groups is 1. The largest absolute Gasteiger partial charge is 0.273 e. The fraction of sp³-hybridized carbons (Fsp3) is 0.500. The smallest absolute Gasteiger partial charge is 0.243 e. The standard InChI is InChI=1S/C14H20ClNO2S/c1-14(2,3)18-16-13(17)5-4-10-19-12-8-6-11(15)7-9-12/h6-9H,4-5,10H2,1-3H3,(H,16,17). The van der Waals surface area contributed by atoms with Gasteiger partial charge in [-0.25, -0.2) is 5.48 Å². The molecule has 0 radical (unpaired) electrons. The summed E-state index contributed by atoms with van der Waals surface area (Å²) in [6, 6.07) is 7.70. The van der Waals surface area contributed by atoms with Gasteiger partial charge in [-0.3, -0.25) is 9.63 Å². The van der Waals surface area contributed by atoms with Crippen molar-refractivity contribution in [2.24, 2.45) is 0 Å². The third kappa shape index (κ3) is 8.14. The molecule has 1 rings (SSSR count). The van der Waals surface area contributed by atoms with Crippen LogP contribution in [0.15, 0.2) is 29.2 Å². The minimum atomic E-state index is -0.353. The van der Waals surface area contributed by atoms with Crippen molar-refractivity contribution in [3.05, 3.63) is 29.3 Å². The van der Waals surface area contributed by atoms with Crippen molar-refractivity contribution in [1.29, 1.82) is 0 Å². The summed E-state index contributed by atoms with van der Waals surface area (Å²) in [6.45, 7) is 5.68. The molecule has 0 bridgehead atoms. The quantitative estimate of drug-likeness (QED) is 0.489. The van der Waals surface area contributed by atoms with Crippen LogP contribution in [0.4, 0.5) is 0 Å². The van der Waals surface area contributed by atoms with Gasteiger partial charge in [0.05, 0.1) is 5.60 Å². The Morgan fingerprint density at radius 3 is 2.53 bits per heavy atom. The molecule has 5 heteroatoms. The number of amides is 1. The van der Waals surface area contributed by atoms with Gasteiger partial charge in [-0.1, -0.05) is 11.6 Å². The molecule has 0 heterocycles. The van der Waals surface area contributed by atoms with Gasteiger partial charge < -0.3 is 0 Å². The summed E-state index contributed by atoms with van der Waals surface area (Å²) in [5.74, 6) is 0.816. The molecule has 1 aromatic rings. The molecule has 1 amide bonds. The van der Waals surface area contributed by atoms with Gasteiger partial charge in [-0.15, -0.1) is 11.8 Å². The number of carbonyl (C=O) groups excluding carboxylic acids is 1. The Bertz CT molecular complexity index is 401. The second-order valence-corrected chi connectivity index (χ2v) is 6.75. The van der Waals surface area contributed by atoms with Crippen molar-refractivity contribution < 1.29 is 9.63 Å². The van der Waals surface area contributed by atoms with Crippen LogP contribution in [0.1, 0.15) is 33.6 Å². The highest BCUT2D eigenvalue weighted by molar-refractivity contribution is 7.99. The summed E-state index contributed by atoms with van der Waals surface area (Å²) in [7, 11) is 0. The van der Waals surface area contributed by atoms with E-state index in [1.807, 2.05) is 45.0 Å². The summed E-state index contributed by atoms with van der Waals surface area (Å²) < 4.78 is 0. The first-order valence-electron chi connectivity index (χ1n) is 6.22. The van der Waals surface area contributed by atoms with Crippen LogP contribution in [-0.4, -0.2) is 17.3 Å². The number of benzene rings is 1. The lowest BCUT2D eigenvalue weighted by Gasteiger charge is -2.18. The normalized spacial score (nSPS) is 11.4. The summed E-state index contributed by atoms with van der Waals surface area (Å²) in [5, 5.41) is 0.739. The van der Waals surface area contributed by atoms with E-state index in [0.717, 1.165) is 22.1 Å². The molecule has 0 fully saturated rings. The zero-order chi connectivity index (χ0) is 14.3. The first-order valence-corrected chi connectivity index (χ1v) is 7.58. The van der Waals surface area contributed by atoms with Gasteiger partial charge in [0.1, 0.15) is 0 Å². The molecule has 0 unspecified atom stereocenters. The molecule has 106 valence electrons. The number of nitrogens with one attached hydrogen (secondary N) is 1. The zero-order valence-electron chi connectivity index (χ0n) is 11.5. The van der Waals surface area contributed by atoms with Gasteiger partial charge in [0.2, 0.25) is 5.91 Å². The van der Waals surface area contributed by atoms with Crippen LogP contribution in [0.2, 0.25) is 5.02 Å². The van der Waals surface area contributed by atoms with Crippen LogP contribution < -0.4 is 5.48 Å². The molecular formula is C14H20ClNO2S. The summed E-state index contributed by atoms with van der Waals surface area (Å²) >= 11 is 7.53. The van der Waals surface area contributed by atoms with Crippen LogP contribution >= 0.6 is 23.4 Å². The third-order valence-electron chi connectivity index (χ3n) is 2.10. The monoisotopic (exact) mass is 301 g/mol. The van der Waals surface area contributed by atoms with Crippen molar-refractivity contribution in [1.82, 2.24) is 5.48 Å². The van der Waals surface area contributed by atoms with E-state index >= 15 is 0 Å². The molecule has 0 aliphatic carbocycles. The van der Waals surface area contributed by atoms with Crippen molar-refractivity contribution >= 4 is 29.3 Å². The SMILES string of the molecule is CC(C)(C)ONC(=O)CCCSc1ccc(Cl)cc1. The van der Waals surface area contributed by atoms with E-state index in [-0.39, 0.29) is 11.5 Å². The van der Waals surface area contributed by atoms with Gasteiger partial charge >= 0.3 is 0 Å². The van der Waals surface area contributed by atoms with Crippen molar-refractivity contribution in [3.8, 4) is 0 Å². The number of carbonyl (C=O) groups is 1. The van der Waals surface area contributed by atoms with Crippen molar-refractivity contribution in [2.75, 3.05) is 5.75 Å². The van der Waals surface area contributed by atoms with Gasteiger partial charge in [-0.05, 0) is 57.2 Å². The zero-order valence-corrected chi connectivity index (χ0v) is 13.1. The first kappa shape index (κ1) is 16.3. The van der Waals surface area contributed by atoms with Gasteiger partial charge in [-0.2, -0.15) is 0 Å². The predicted molar refractivity (Wildman–Crippen MR) is 80.4 cm³/mol. The second-order valence-electron chi connectivity index (χ2n) is 5.15. The molecular weight excluding hydrogens is 282 g/mol. The topological polar surface area (TPSA) is 38.3 Å². The molecule has 0 aromatic heterocycles. The molecule has 1 aromatic carbocycles. The Labute approximate surface area is 124 Å². The van der Waals surface area contributed by atoms with E-state index in [2.05, 4.69) is 5.48 Å². The number of hydrogen-bond donors (Lipinski definition) is 1. The number of halogens is 1. The maximum Gasteiger partial charge on any atom is 0.243 e. The average molecular weight is 302 g/mol. The molecule has 0 aliphatic heterocycles. The Kier molecular flexibility index (Phi) is 6.69. The van der Waals surface area contributed by atoms with Gasteiger partial charge in [0, 0.05) is 16.3 Å². The van der Waals surface area contributed by atoms with E-state index in [1.54, 1.807) is 11.8 Å². The van der Waals surface area contributed by atoms with E-state index in [9.17, 15) is 4.79 Å². The Hall–Kier alpha value is -0.710. The van der Waals surface area contributed by atoms with Crippen LogP contribution in [0, 0.1) is 0 Å². The van der Waals surface area contributed by atoms with E-state index in [1.165, 1.54) is 0 Å².